The average Bonchev–Trinajstić information content (AvgIpc) is 2.79. The van der Waals surface area contributed by atoms with Gasteiger partial charge in [-0.25, -0.2) is 8.42 Å². The second-order valence-corrected chi connectivity index (χ2v) is 5.83. The Balaban J connectivity index is 1.86. The van der Waals surface area contributed by atoms with E-state index in [1.54, 1.807) is 0 Å². The lowest BCUT2D eigenvalue weighted by molar-refractivity contribution is -0.120. The summed E-state index contributed by atoms with van der Waals surface area (Å²) < 4.78 is 23.5. The normalized spacial score (nSPS) is 32.7. The van der Waals surface area contributed by atoms with Gasteiger partial charge in [0, 0.05) is 5.92 Å². The zero-order valence-corrected chi connectivity index (χ0v) is 8.30. The van der Waals surface area contributed by atoms with Crippen LogP contribution in [0, 0.1) is 17.8 Å². The maximum Gasteiger partial charge on any atom is 0.236 e. The molecule has 5 heteroatoms. The van der Waals surface area contributed by atoms with Gasteiger partial charge in [-0.2, -0.15) is 0 Å². The van der Waals surface area contributed by atoms with Crippen molar-refractivity contribution in [1.82, 2.24) is 4.72 Å². The molecule has 0 aliphatic heterocycles. The number of amides is 1. The van der Waals surface area contributed by atoms with Crippen molar-refractivity contribution in [3.8, 4) is 0 Å². The smallest absolute Gasteiger partial charge is 0.236 e. The molecule has 4 nitrogen and oxygen atoms in total. The van der Waals surface area contributed by atoms with Crippen LogP contribution in [0.1, 0.15) is 19.3 Å². The van der Waals surface area contributed by atoms with Gasteiger partial charge in [0.1, 0.15) is 0 Å². The van der Waals surface area contributed by atoms with Crippen LogP contribution in [0.3, 0.4) is 0 Å². The summed E-state index contributed by atoms with van der Waals surface area (Å²) >= 11 is 0. The molecular weight excluding hydrogens is 190 g/mol. The molecule has 0 aromatic carbocycles. The van der Waals surface area contributed by atoms with E-state index in [4.69, 9.17) is 0 Å². The van der Waals surface area contributed by atoms with E-state index in [9.17, 15) is 13.2 Å². The molecule has 2 atom stereocenters. The van der Waals surface area contributed by atoms with E-state index in [0.717, 1.165) is 12.7 Å². The molecule has 1 amide bonds. The van der Waals surface area contributed by atoms with Gasteiger partial charge in [-0.1, -0.05) is 0 Å². The second kappa shape index (κ2) is 2.70. The minimum absolute atomic E-state index is 0.0257. The Hall–Kier alpha value is -0.580. The minimum Gasteiger partial charge on any atom is -0.274 e. The Labute approximate surface area is 77.8 Å². The molecule has 0 saturated heterocycles. The molecule has 2 aliphatic carbocycles. The highest BCUT2D eigenvalue weighted by Gasteiger charge is 2.51. The Bertz CT molecular complexity index is 331. The van der Waals surface area contributed by atoms with Crippen molar-refractivity contribution in [2.75, 3.05) is 6.26 Å². The first-order valence-corrected chi connectivity index (χ1v) is 6.38. The lowest BCUT2D eigenvalue weighted by Gasteiger charge is -2.00. The Morgan fingerprint density at radius 3 is 2.46 bits per heavy atom. The first-order valence-electron chi connectivity index (χ1n) is 4.49. The number of carbonyl (C=O) groups is 1. The maximum atomic E-state index is 11.3. The topological polar surface area (TPSA) is 63.2 Å². The van der Waals surface area contributed by atoms with Gasteiger partial charge in [0.2, 0.25) is 15.9 Å². The third-order valence-electron chi connectivity index (χ3n) is 2.69. The molecule has 0 bridgehead atoms. The molecule has 2 saturated carbocycles. The van der Waals surface area contributed by atoms with E-state index in [-0.39, 0.29) is 11.8 Å². The first-order chi connectivity index (χ1) is 5.97. The van der Waals surface area contributed by atoms with Gasteiger partial charge in [0.25, 0.3) is 0 Å². The number of hydrogen-bond acceptors (Lipinski definition) is 3. The number of sulfonamides is 1. The van der Waals surface area contributed by atoms with E-state index >= 15 is 0 Å². The van der Waals surface area contributed by atoms with Crippen LogP contribution in [0.25, 0.3) is 0 Å². The predicted octanol–water partition coefficient (Wildman–Crippen LogP) is 0.108. The maximum absolute atomic E-state index is 11.3. The highest BCUT2D eigenvalue weighted by Crippen LogP contribution is 2.54. The second-order valence-electron chi connectivity index (χ2n) is 4.08. The molecule has 0 heterocycles. The van der Waals surface area contributed by atoms with Gasteiger partial charge in [-0.3, -0.25) is 9.52 Å². The van der Waals surface area contributed by atoms with Crippen LogP contribution in [0.4, 0.5) is 0 Å². The average molecular weight is 203 g/mol. The molecule has 2 fully saturated rings. The molecule has 0 aromatic rings. The van der Waals surface area contributed by atoms with Crippen molar-refractivity contribution >= 4 is 15.9 Å². The molecule has 13 heavy (non-hydrogen) atoms. The van der Waals surface area contributed by atoms with E-state index in [1.165, 1.54) is 12.8 Å². The molecule has 0 radical (unpaired) electrons. The molecule has 1 N–H and O–H groups in total. The number of nitrogens with one attached hydrogen (secondary N) is 1. The van der Waals surface area contributed by atoms with Crippen LogP contribution >= 0.6 is 0 Å². The molecule has 2 rings (SSSR count). The van der Waals surface area contributed by atoms with Gasteiger partial charge < -0.3 is 0 Å². The summed E-state index contributed by atoms with van der Waals surface area (Å²) in [6, 6.07) is 0. The highest BCUT2D eigenvalue weighted by atomic mass is 32.2. The van der Waals surface area contributed by atoms with Crippen molar-refractivity contribution in [2.45, 2.75) is 19.3 Å². The van der Waals surface area contributed by atoms with Crippen LogP contribution in [0.15, 0.2) is 0 Å². The van der Waals surface area contributed by atoms with E-state index in [1.807, 2.05) is 4.72 Å². The summed E-state index contributed by atoms with van der Waals surface area (Å²) in [6.45, 7) is 0. The summed E-state index contributed by atoms with van der Waals surface area (Å²) in [5.74, 6) is 0.846. The highest BCUT2D eigenvalue weighted by molar-refractivity contribution is 7.89. The predicted molar refractivity (Wildman–Crippen MR) is 47.3 cm³/mol. The standard InChI is InChI=1S/C8H13NO3S/c1-13(11,12)9-8(10)7-4-6(7)5-2-3-5/h5-7H,2-4H2,1H3,(H,9,10). The molecule has 2 unspecified atom stereocenters. The van der Waals surface area contributed by atoms with Crippen molar-refractivity contribution in [1.29, 1.82) is 0 Å². The van der Waals surface area contributed by atoms with Gasteiger partial charge in [-0.05, 0) is 31.1 Å². The Morgan fingerprint density at radius 2 is 2.00 bits per heavy atom. The fourth-order valence-electron chi connectivity index (χ4n) is 1.82. The minimum atomic E-state index is -3.36. The van der Waals surface area contributed by atoms with E-state index in [2.05, 4.69) is 0 Å². The largest absolute Gasteiger partial charge is 0.274 e. The Morgan fingerprint density at radius 1 is 1.38 bits per heavy atom. The number of rotatable bonds is 3. The van der Waals surface area contributed by atoms with Crippen molar-refractivity contribution in [3.63, 3.8) is 0 Å². The van der Waals surface area contributed by atoms with Gasteiger partial charge >= 0.3 is 0 Å². The monoisotopic (exact) mass is 203 g/mol. The van der Waals surface area contributed by atoms with E-state index in [0.29, 0.717) is 11.8 Å². The zero-order valence-electron chi connectivity index (χ0n) is 7.49. The van der Waals surface area contributed by atoms with Gasteiger partial charge in [-0.15, -0.1) is 0 Å². The molecular formula is C8H13NO3S. The van der Waals surface area contributed by atoms with Crippen LogP contribution < -0.4 is 4.72 Å². The number of carbonyl (C=O) groups excluding carboxylic acids is 1. The van der Waals surface area contributed by atoms with Crippen molar-refractivity contribution < 1.29 is 13.2 Å². The van der Waals surface area contributed by atoms with E-state index < -0.39 is 10.0 Å². The third kappa shape index (κ3) is 2.21. The van der Waals surface area contributed by atoms with Crippen LogP contribution in [0.2, 0.25) is 0 Å². The lowest BCUT2D eigenvalue weighted by atomic mass is 10.2. The summed E-state index contributed by atoms with van der Waals surface area (Å²) in [5.41, 5.74) is 0. The van der Waals surface area contributed by atoms with Gasteiger partial charge in [0.15, 0.2) is 0 Å². The van der Waals surface area contributed by atoms with Crippen LogP contribution in [-0.4, -0.2) is 20.6 Å². The SMILES string of the molecule is CS(=O)(=O)NC(=O)C1CC1C1CC1. The Kier molecular flexibility index (Phi) is 1.87. The summed E-state index contributed by atoms with van der Waals surface area (Å²) in [6.07, 6.45) is 4.33. The summed E-state index contributed by atoms with van der Waals surface area (Å²) in [5, 5.41) is 0. The lowest BCUT2D eigenvalue weighted by Crippen LogP contribution is -2.31. The van der Waals surface area contributed by atoms with Crippen molar-refractivity contribution in [3.05, 3.63) is 0 Å². The zero-order chi connectivity index (χ0) is 9.64. The van der Waals surface area contributed by atoms with Crippen LogP contribution in [0.5, 0.6) is 0 Å². The quantitative estimate of drug-likeness (QED) is 0.708. The first kappa shape index (κ1) is 8.99. The third-order valence-corrected chi connectivity index (χ3v) is 3.26. The molecule has 2 aliphatic rings. The van der Waals surface area contributed by atoms with Crippen LogP contribution in [-0.2, 0) is 14.8 Å². The molecule has 0 spiro atoms. The number of hydrogen-bond donors (Lipinski definition) is 1. The molecule has 74 valence electrons. The molecule has 0 aromatic heterocycles. The summed E-state index contributed by atoms with van der Waals surface area (Å²) in [4.78, 5) is 11.3. The fraction of sp³-hybridized carbons (Fsp3) is 0.875. The summed E-state index contributed by atoms with van der Waals surface area (Å²) in [7, 11) is -3.36. The van der Waals surface area contributed by atoms with Gasteiger partial charge in [0.05, 0.1) is 6.26 Å². The fourth-order valence-corrected chi connectivity index (χ4v) is 2.34. The van der Waals surface area contributed by atoms with Crippen molar-refractivity contribution in [2.24, 2.45) is 17.8 Å².